The fourth-order valence-corrected chi connectivity index (χ4v) is 1.54. The molecule has 0 amide bonds. The van der Waals surface area contributed by atoms with Gasteiger partial charge in [0.25, 0.3) is 0 Å². The molecule has 1 aliphatic rings. The first-order valence-corrected chi connectivity index (χ1v) is 4.52. The van der Waals surface area contributed by atoms with Crippen LogP contribution in [0, 0.1) is 6.92 Å². The van der Waals surface area contributed by atoms with Gasteiger partial charge in [-0.05, 0) is 20.4 Å². The zero-order chi connectivity index (χ0) is 9.26. The fourth-order valence-electron chi connectivity index (χ4n) is 1.54. The van der Waals surface area contributed by atoms with Gasteiger partial charge in [-0.3, -0.25) is 5.10 Å². The summed E-state index contributed by atoms with van der Waals surface area (Å²) in [5.41, 5.74) is 1.23. The third-order valence-corrected chi connectivity index (χ3v) is 2.23. The molecule has 1 aliphatic heterocycles. The third kappa shape index (κ3) is 1.78. The van der Waals surface area contributed by atoms with Crippen molar-refractivity contribution in [1.29, 1.82) is 0 Å². The highest BCUT2D eigenvalue weighted by atomic mass is 15.2. The summed E-state index contributed by atoms with van der Waals surface area (Å²) in [5, 5.41) is 7.00. The molecule has 0 bridgehead atoms. The zero-order valence-electron chi connectivity index (χ0n) is 8.04. The Bertz CT molecular complexity index is 326. The van der Waals surface area contributed by atoms with Gasteiger partial charge in [-0.25, -0.2) is 4.98 Å². The van der Waals surface area contributed by atoms with Crippen molar-refractivity contribution in [1.82, 2.24) is 20.1 Å². The Balaban J connectivity index is 2.21. The molecule has 0 atom stereocenters. The minimum absolute atomic E-state index is 0.851. The van der Waals surface area contributed by atoms with Crippen molar-refractivity contribution in [2.75, 3.05) is 20.1 Å². The quantitative estimate of drug-likeness (QED) is 0.692. The van der Waals surface area contributed by atoms with E-state index >= 15 is 0 Å². The molecule has 0 aliphatic carbocycles. The Morgan fingerprint density at radius 1 is 1.54 bits per heavy atom. The van der Waals surface area contributed by atoms with Crippen molar-refractivity contribution in [3.63, 3.8) is 0 Å². The normalized spacial score (nSPS) is 18.8. The van der Waals surface area contributed by atoms with Crippen LogP contribution in [0.15, 0.2) is 6.08 Å². The lowest BCUT2D eigenvalue weighted by Crippen LogP contribution is -2.25. The van der Waals surface area contributed by atoms with E-state index in [0.717, 1.165) is 31.2 Å². The molecular formula is C9H14N4. The van der Waals surface area contributed by atoms with Crippen LogP contribution < -0.4 is 0 Å². The molecule has 0 saturated heterocycles. The first-order chi connectivity index (χ1) is 6.25. The molecule has 0 aromatic carbocycles. The summed E-state index contributed by atoms with van der Waals surface area (Å²) in [6.45, 7) is 4.01. The van der Waals surface area contributed by atoms with Crippen LogP contribution in [0.25, 0.3) is 5.57 Å². The van der Waals surface area contributed by atoms with Gasteiger partial charge in [-0.15, -0.1) is 0 Å². The van der Waals surface area contributed by atoms with Crippen molar-refractivity contribution in [2.45, 2.75) is 13.3 Å². The number of likely N-dealkylation sites (N-methyl/N-ethyl adjacent to an activating group) is 1. The maximum absolute atomic E-state index is 4.31. The van der Waals surface area contributed by atoms with Crippen molar-refractivity contribution in [2.24, 2.45) is 0 Å². The highest BCUT2D eigenvalue weighted by Crippen LogP contribution is 2.15. The second-order valence-electron chi connectivity index (χ2n) is 3.50. The fraction of sp³-hybridized carbons (Fsp3) is 0.556. The number of aromatic amines is 1. The molecule has 0 spiro atoms. The number of aromatic nitrogens is 3. The molecule has 13 heavy (non-hydrogen) atoms. The van der Waals surface area contributed by atoms with Gasteiger partial charge in [0, 0.05) is 18.7 Å². The second-order valence-corrected chi connectivity index (χ2v) is 3.50. The lowest BCUT2D eigenvalue weighted by atomic mass is 10.1. The van der Waals surface area contributed by atoms with Gasteiger partial charge in [-0.2, -0.15) is 5.10 Å². The number of H-pyrrole nitrogens is 1. The molecule has 4 nitrogen and oxygen atoms in total. The molecule has 2 rings (SSSR count). The molecule has 1 N–H and O–H groups in total. The van der Waals surface area contributed by atoms with E-state index in [1.165, 1.54) is 5.57 Å². The molecule has 0 saturated carbocycles. The van der Waals surface area contributed by atoms with E-state index < -0.39 is 0 Å². The molecule has 4 heteroatoms. The summed E-state index contributed by atoms with van der Waals surface area (Å²) in [6, 6.07) is 0. The van der Waals surface area contributed by atoms with E-state index in [1.807, 2.05) is 6.92 Å². The lowest BCUT2D eigenvalue weighted by Gasteiger charge is -2.21. The summed E-state index contributed by atoms with van der Waals surface area (Å²) in [5.74, 6) is 1.73. The van der Waals surface area contributed by atoms with Gasteiger partial charge in [0.05, 0.1) is 0 Å². The van der Waals surface area contributed by atoms with Crippen LogP contribution >= 0.6 is 0 Å². The van der Waals surface area contributed by atoms with Gasteiger partial charge in [0.15, 0.2) is 5.82 Å². The molecule has 0 fully saturated rings. The van der Waals surface area contributed by atoms with Crippen LogP contribution in [0.2, 0.25) is 0 Å². The third-order valence-electron chi connectivity index (χ3n) is 2.23. The average Bonchev–Trinajstić information content (AvgIpc) is 2.52. The summed E-state index contributed by atoms with van der Waals surface area (Å²) < 4.78 is 0. The Morgan fingerprint density at radius 3 is 3.00 bits per heavy atom. The lowest BCUT2D eigenvalue weighted by molar-refractivity contribution is 0.372. The van der Waals surface area contributed by atoms with Crippen molar-refractivity contribution >= 4 is 5.57 Å². The largest absolute Gasteiger partial charge is 0.302 e. The number of nitrogens with zero attached hydrogens (tertiary/aromatic N) is 3. The van der Waals surface area contributed by atoms with Crippen LogP contribution in [0.4, 0.5) is 0 Å². The SMILES string of the molecule is Cc1nc(C2=CCCN(C)C2)n[nH]1. The van der Waals surface area contributed by atoms with Crippen LogP contribution in [-0.2, 0) is 0 Å². The van der Waals surface area contributed by atoms with Crippen LogP contribution in [0.5, 0.6) is 0 Å². The first kappa shape index (κ1) is 8.44. The maximum Gasteiger partial charge on any atom is 0.178 e. The zero-order valence-corrected chi connectivity index (χ0v) is 8.04. The van der Waals surface area contributed by atoms with Crippen LogP contribution in [0.3, 0.4) is 0 Å². The molecule has 2 heterocycles. The van der Waals surface area contributed by atoms with Gasteiger partial charge < -0.3 is 4.90 Å². The summed E-state index contributed by atoms with van der Waals surface area (Å²) in [4.78, 5) is 6.59. The van der Waals surface area contributed by atoms with E-state index in [1.54, 1.807) is 0 Å². The van der Waals surface area contributed by atoms with Gasteiger partial charge in [-0.1, -0.05) is 6.08 Å². The molecule has 1 aromatic heterocycles. The monoisotopic (exact) mass is 178 g/mol. The number of nitrogens with one attached hydrogen (secondary N) is 1. The minimum Gasteiger partial charge on any atom is -0.302 e. The molecule has 0 unspecified atom stereocenters. The Hall–Kier alpha value is -1.16. The predicted molar refractivity (Wildman–Crippen MR) is 51.2 cm³/mol. The Morgan fingerprint density at radius 2 is 2.38 bits per heavy atom. The van der Waals surface area contributed by atoms with Gasteiger partial charge in [0.2, 0.25) is 0 Å². The minimum atomic E-state index is 0.851. The van der Waals surface area contributed by atoms with Crippen LogP contribution in [0.1, 0.15) is 18.1 Å². The van der Waals surface area contributed by atoms with E-state index in [0.29, 0.717) is 0 Å². The van der Waals surface area contributed by atoms with E-state index in [-0.39, 0.29) is 0 Å². The molecule has 0 radical (unpaired) electrons. The van der Waals surface area contributed by atoms with E-state index in [9.17, 15) is 0 Å². The Kier molecular flexibility index (Phi) is 2.14. The average molecular weight is 178 g/mol. The number of hydrogen-bond acceptors (Lipinski definition) is 3. The smallest absolute Gasteiger partial charge is 0.178 e. The standard InChI is InChI=1S/C9H14N4/c1-7-10-9(12-11-7)8-4-3-5-13(2)6-8/h4H,3,5-6H2,1-2H3,(H,10,11,12). The predicted octanol–water partition coefficient (Wildman–Crippen LogP) is 0.832. The number of hydrogen-bond donors (Lipinski definition) is 1. The first-order valence-electron chi connectivity index (χ1n) is 4.52. The second kappa shape index (κ2) is 3.30. The maximum atomic E-state index is 4.31. The van der Waals surface area contributed by atoms with Gasteiger partial charge >= 0.3 is 0 Å². The highest BCUT2D eigenvalue weighted by Gasteiger charge is 2.13. The Labute approximate surface area is 77.7 Å². The topological polar surface area (TPSA) is 44.8 Å². The molecular weight excluding hydrogens is 164 g/mol. The summed E-state index contributed by atoms with van der Waals surface area (Å²) in [6.07, 6.45) is 3.32. The highest BCUT2D eigenvalue weighted by molar-refractivity contribution is 5.61. The molecule has 1 aromatic rings. The van der Waals surface area contributed by atoms with E-state index in [4.69, 9.17) is 0 Å². The van der Waals surface area contributed by atoms with Crippen molar-refractivity contribution in [3.05, 3.63) is 17.7 Å². The van der Waals surface area contributed by atoms with Crippen molar-refractivity contribution < 1.29 is 0 Å². The number of aryl methyl sites for hydroxylation is 1. The molecule has 70 valence electrons. The van der Waals surface area contributed by atoms with Crippen molar-refractivity contribution in [3.8, 4) is 0 Å². The number of rotatable bonds is 1. The van der Waals surface area contributed by atoms with E-state index in [2.05, 4.69) is 33.2 Å². The van der Waals surface area contributed by atoms with Crippen LogP contribution in [-0.4, -0.2) is 40.2 Å². The van der Waals surface area contributed by atoms with Gasteiger partial charge in [0.1, 0.15) is 5.82 Å². The summed E-state index contributed by atoms with van der Waals surface area (Å²) >= 11 is 0. The summed E-state index contributed by atoms with van der Waals surface area (Å²) in [7, 11) is 2.12.